The summed E-state index contributed by atoms with van der Waals surface area (Å²) in [6.07, 6.45) is 0. The zero-order valence-electron chi connectivity index (χ0n) is 11.0. The third kappa shape index (κ3) is 2.71. The highest BCUT2D eigenvalue weighted by Gasteiger charge is 2.16. The number of rotatable bonds is 4. The molecule has 2 aromatic carbocycles. The highest BCUT2D eigenvalue weighted by molar-refractivity contribution is 5.48. The smallest absolute Gasteiger partial charge is 0.231 e. The topological polar surface area (TPSA) is 30.5 Å². The van der Waals surface area contributed by atoms with Crippen LogP contribution in [0.1, 0.15) is 16.7 Å². The first-order valence-electron chi connectivity index (χ1n) is 6.47. The number of hydrogen-bond acceptors (Lipinski definition) is 3. The average Bonchev–Trinajstić information content (AvgIpc) is 2.88. The molecule has 0 amide bonds. The Morgan fingerprint density at radius 3 is 2.84 bits per heavy atom. The Labute approximate surface area is 113 Å². The largest absolute Gasteiger partial charge is 0.454 e. The second-order valence-electron chi connectivity index (χ2n) is 4.74. The van der Waals surface area contributed by atoms with E-state index in [-0.39, 0.29) is 0 Å². The molecule has 3 nitrogen and oxygen atoms in total. The van der Waals surface area contributed by atoms with Crippen LogP contribution < -0.4 is 14.8 Å². The molecule has 0 saturated carbocycles. The molecule has 0 spiro atoms. The van der Waals surface area contributed by atoms with Crippen molar-refractivity contribution in [2.24, 2.45) is 0 Å². The average molecular weight is 255 g/mol. The molecule has 0 unspecified atom stereocenters. The minimum absolute atomic E-state index is 0.324. The third-order valence-electron chi connectivity index (χ3n) is 3.21. The molecule has 0 aliphatic carbocycles. The van der Waals surface area contributed by atoms with E-state index >= 15 is 0 Å². The monoisotopic (exact) mass is 255 g/mol. The summed E-state index contributed by atoms with van der Waals surface area (Å²) in [6, 6.07) is 14.5. The summed E-state index contributed by atoms with van der Waals surface area (Å²) in [7, 11) is 0. The Kier molecular flexibility index (Phi) is 3.38. The van der Waals surface area contributed by atoms with E-state index in [1.54, 1.807) is 0 Å². The second kappa shape index (κ2) is 5.33. The summed E-state index contributed by atoms with van der Waals surface area (Å²) in [5.74, 6) is 1.72. The van der Waals surface area contributed by atoms with Crippen LogP contribution in [-0.4, -0.2) is 6.79 Å². The van der Waals surface area contributed by atoms with Gasteiger partial charge in [-0.15, -0.1) is 0 Å². The highest BCUT2D eigenvalue weighted by Crippen LogP contribution is 2.35. The number of hydrogen-bond donors (Lipinski definition) is 1. The summed E-state index contributed by atoms with van der Waals surface area (Å²) in [5, 5.41) is 3.44. The van der Waals surface area contributed by atoms with Crippen molar-refractivity contribution in [2.75, 3.05) is 6.79 Å². The van der Waals surface area contributed by atoms with Crippen LogP contribution in [-0.2, 0) is 13.1 Å². The number of nitrogens with one attached hydrogen (secondary N) is 1. The van der Waals surface area contributed by atoms with Crippen LogP contribution in [0.4, 0.5) is 0 Å². The lowest BCUT2D eigenvalue weighted by Gasteiger charge is -2.08. The Balaban J connectivity index is 1.63. The molecule has 0 aromatic heterocycles. The zero-order chi connectivity index (χ0) is 13.1. The van der Waals surface area contributed by atoms with Gasteiger partial charge in [0.05, 0.1) is 0 Å². The number of aryl methyl sites for hydroxylation is 1. The van der Waals surface area contributed by atoms with Crippen molar-refractivity contribution in [3.05, 3.63) is 59.2 Å². The molecule has 2 aromatic rings. The van der Waals surface area contributed by atoms with Gasteiger partial charge in [0.25, 0.3) is 0 Å². The van der Waals surface area contributed by atoms with E-state index in [1.165, 1.54) is 11.1 Å². The fraction of sp³-hybridized carbons (Fsp3) is 0.250. The first-order valence-corrected chi connectivity index (χ1v) is 6.47. The zero-order valence-corrected chi connectivity index (χ0v) is 11.0. The normalized spacial score (nSPS) is 12.7. The molecular formula is C16H17NO2. The van der Waals surface area contributed by atoms with Gasteiger partial charge in [-0.3, -0.25) is 0 Å². The molecule has 1 aliphatic heterocycles. The van der Waals surface area contributed by atoms with Gasteiger partial charge in [0, 0.05) is 18.7 Å². The fourth-order valence-corrected chi connectivity index (χ4v) is 2.29. The molecule has 3 heteroatoms. The van der Waals surface area contributed by atoms with E-state index < -0.39 is 0 Å². The van der Waals surface area contributed by atoms with E-state index in [0.29, 0.717) is 6.79 Å². The quantitative estimate of drug-likeness (QED) is 0.911. The molecule has 3 rings (SSSR count). The number of para-hydroxylation sites is 1. The van der Waals surface area contributed by atoms with Gasteiger partial charge < -0.3 is 14.8 Å². The summed E-state index contributed by atoms with van der Waals surface area (Å²) >= 11 is 0. The van der Waals surface area contributed by atoms with Crippen LogP contribution >= 0.6 is 0 Å². The predicted molar refractivity (Wildman–Crippen MR) is 74.3 cm³/mol. The molecule has 1 heterocycles. The van der Waals surface area contributed by atoms with Gasteiger partial charge in [0.2, 0.25) is 6.79 Å². The SMILES string of the molecule is Cc1cccc(CNCc2cccc3c2OCO3)c1. The Morgan fingerprint density at radius 1 is 1.05 bits per heavy atom. The molecule has 0 fully saturated rings. The minimum atomic E-state index is 0.324. The molecule has 0 saturated heterocycles. The Hall–Kier alpha value is -2.00. The highest BCUT2D eigenvalue weighted by atomic mass is 16.7. The van der Waals surface area contributed by atoms with Crippen molar-refractivity contribution < 1.29 is 9.47 Å². The van der Waals surface area contributed by atoms with Gasteiger partial charge in [0.1, 0.15) is 0 Å². The van der Waals surface area contributed by atoms with Gasteiger partial charge in [-0.1, -0.05) is 42.0 Å². The Bertz CT molecular complexity index is 581. The van der Waals surface area contributed by atoms with E-state index in [0.717, 1.165) is 30.2 Å². The lowest BCUT2D eigenvalue weighted by Crippen LogP contribution is -2.13. The van der Waals surface area contributed by atoms with Crippen LogP contribution in [0, 0.1) is 6.92 Å². The van der Waals surface area contributed by atoms with Gasteiger partial charge in [-0.2, -0.15) is 0 Å². The molecular weight excluding hydrogens is 238 g/mol. The number of fused-ring (bicyclic) bond motifs is 1. The van der Waals surface area contributed by atoms with Gasteiger partial charge in [0.15, 0.2) is 11.5 Å². The second-order valence-corrected chi connectivity index (χ2v) is 4.74. The van der Waals surface area contributed by atoms with Crippen molar-refractivity contribution in [3.63, 3.8) is 0 Å². The third-order valence-corrected chi connectivity index (χ3v) is 3.21. The molecule has 0 bridgehead atoms. The van der Waals surface area contributed by atoms with Gasteiger partial charge >= 0.3 is 0 Å². The molecule has 1 aliphatic rings. The maximum Gasteiger partial charge on any atom is 0.231 e. The Morgan fingerprint density at radius 2 is 1.95 bits per heavy atom. The van der Waals surface area contributed by atoms with Crippen molar-refractivity contribution in [1.82, 2.24) is 5.32 Å². The van der Waals surface area contributed by atoms with E-state index in [4.69, 9.17) is 9.47 Å². The van der Waals surface area contributed by atoms with Crippen molar-refractivity contribution >= 4 is 0 Å². The predicted octanol–water partition coefficient (Wildman–Crippen LogP) is 3.01. The van der Waals surface area contributed by atoms with Gasteiger partial charge in [-0.05, 0) is 18.6 Å². The van der Waals surface area contributed by atoms with Crippen LogP contribution in [0.15, 0.2) is 42.5 Å². The van der Waals surface area contributed by atoms with Crippen molar-refractivity contribution in [2.45, 2.75) is 20.0 Å². The fourth-order valence-electron chi connectivity index (χ4n) is 2.29. The maximum atomic E-state index is 5.49. The maximum absolute atomic E-state index is 5.49. The first-order chi connectivity index (χ1) is 9.33. The van der Waals surface area contributed by atoms with E-state index in [9.17, 15) is 0 Å². The van der Waals surface area contributed by atoms with Crippen LogP contribution in [0.3, 0.4) is 0 Å². The molecule has 0 radical (unpaired) electrons. The van der Waals surface area contributed by atoms with Crippen molar-refractivity contribution in [1.29, 1.82) is 0 Å². The molecule has 1 N–H and O–H groups in total. The lowest BCUT2D eigenvalue weighted by atomic mass is 10.1. The minimum Gasteiger partial charge on any atom is -0.454 e. The van der Waals surface area contributed by atoms with E-state index in [2.05, 4.69) is 42.6 Å². The summed E-state index contributed by atoms with van der Waals surface area (Å²) < 4.78 is 10.9. The molecule has 98 valence electrons. The lowest BCUT2D eigenvalue weighted by molar-refractivity contribution is 0.173. The van der Waals surface area contributed by atoms with Crippen LogP contribution in [0.25, 0.3) is 0 Å². The number of ether oxygens (including phenoxy) is 2. The number of benzene rings is 2. The summed E-state index contributed by atoms with van der Waals surface area (Å²) in [6.45, 7) is 4.07. The standard InChI is InChI=1S/C16H17NO2/c1-12-4-2-5-13(8-12)9-17-10-14-6-3-7-15-16(14)19-11-18-15/h2-8,17H,9-11H2,1H3. The van der Waals surface area contributed by atoms with Crippen molar-refractivity contribution in [3.8, 4) is 11.5 Å². The van der Waals surface area contributed by atoms with E-state index in [1.807, 2.05) is 12.1 Å². The first kappa shape index (κ1) is 12.1. The molecule has 19 heavy (non-hydrogen) atoms. The van der Waals surface area contributed by atoms with Gasteiger partial charge in [-0.25, -0.2) is 0 Å². The summed E-state index contributed by atoms with van der Waals surface area (Å²) in [5.41, 5.74) is 3.73. The summed E-state index contributed by atoms with van der Waals surface area (Å²) in [4.78, 5) is 0. The van der Waals surface area contributed by atoms with Crippen LogP contribution in [0.2, 0.25) is 0 Å². The van der Waals surface area contributed by atoms with Crippen LogP contribution in [0.5, 0.6) is 11.5 Å². The molecule has 0 atom stereocenters.